The number of para-hydroxylation sites is 1. The number of carbonyl (C=O) groups excluding carboxylic acids is 1. The zero-order valence-electron chi connectivity index (χ0n) is 9.80. The summed E-state index contributed by atoms with van der Waals surface area (Å²) in [4.78, 5) is 26.0. The minimum absolute atomic E-state index is 0.354. The Kier molecular flexibility index (Phi) is 5.62. The summed E-state index contributed by atoms with van der Waals surface area (Å²) in [5.74, 6) is -1.17. The monoisotopic (exact) mass is 254 g/mol. The largest absolute Gasteiger partial charge is 0.479 e. The SMILES string of the molecule is COCc1ccccc1NC(=O)NOCC(=O)O. The standard InChI is InChI=1S/C11H14N2O5/c1-17-6-8-4-2-3-5-9(8)12-11(16)13-18-7-10(14)15/h2-5H,6-7H2,1H3,(H,14,15)(H2,12,13,16). The maximum Gasteiger partial charge on any atom is 0.343 e. The molecule has 0 radical (unpaired) electrons. The lowest BCUT2D eigenvalue weighted by Gasteiger charge is -2.10. The number of nitrogens with one attached hydrogen (secondary N) is 2. The van der Waals surface area contributed by atoms with Crippen molar-refractivity contribution in [3.05, 3.63) is 29.8 Å². The Labute approximate surface area is 104 Å². The van der Waals surface area contributed by atoms with Crippen molar-refractivity contribution in [3.63, 3.8) is 0 Å². The van der Waals surface area contributed by atoms with Gasteiger partial charge >= 0.3 is 12.0 Å². The molecule has 3 N–H and O–H groups in total. The van der Waals surface area contributed by atoms with Crippen LogP contribution in [0.15, 0.2) is 24.3 Å². The van der Waals surface area contributed by atoms with Crippen molar-refractivity contribution in [1.29, 1.82) is 0 Å². The van der Waals surface area contributed by atoms with Gasteiger partial charge in [-0.3, -0.25) is 4.84 Å². The van der Waals surface area contributed by atoms with Crippen LogP contribution in [-0.4, -0.2) is 30.8 Å². The van der Waals surface area contributed by atoms with Gasteiger partial charge in [0.25, 0.3) is 0 Å². The van der Waals surface area contributed by atoms with Gasteiger partial charge in [0.05, 0.1) is 6.61 Å². The second-order valence-corrected chi connectivity index (χ2v) is 3.33. The fourth-order valence-corrected chi connectivity index (χ4v) is 1.23. The molecule has 1 rings (SSSR count). The molecule has 0 atom stereocenters. The second kappa shape index (κ2) is 7.25. The molecule has 0 saturated heterocycles. The van der Waals surface area contributed by atoms with Gasteiger partial charge in [-0.25, -0.2) is 15.1 Å². The van der Waals surface area contributed by atoms with E-state index in [1.54, 1.807) is 25.3 Å². The molecule has 0 bridgehead atoms. The lowest BCUT2D eigenvalue weighted by atomic mass is 10.2. The van der Waals surface area contributed by atoms with Crippen molar-refractivity contribution in [1.82, 2.24) is 5.48 Å². The Morgan fingerprint density at radius 1 is 1.33 bits per heavy atom. The summed E-state index contributed by atoms with van der Waals surface area (Å²) in [6.45, 7) is -0.250. The van der Waals surface area contributed by atoms with Gasteiger partial charge in [-0.05, 0) is 6.07 Å². The number of benzene rings is 1. The third kappa shape index (κ3) is 4.81. The van der Waals surface area contributed by atoms with E-state index < -0.39 is 18.6 Å². The normalized spacial score (nSPS) is 9.83. The fourth-order valence-electron chi connectivity index (χ4n) is 1.23. The number of hydrogen-bond donors (Lipinski definition) is 3. The maximum atomic E-state index is 11.4. The van der Waals surface area contributed by atoms with Crippen LogP contribution < -0.4 is 10.8 Å². The van der Waals surface area contributed by atoms with Gasteiger partial charge in [0.2, 0.25) is 0 Å². The number of amides is 2. The number of ether oxygens (including phenoxy) is 1. The molecule has 7 heteroatoms. The zero-order chi connectivity index (χ0) is 13.4. The number of urea groups is 1. The average molecular weight is 254 g/mol. The van der Waals surface area contributed by atoms with E-state index in [9.17, 15) is 9.59 Å². The van der Waals surface area contributed by atoms with Crippen LogP contribution >= 0.6 is 0 Å². The molecule has 1 aromatic rings. The molecule has 2 amide bonds. The molecule has 0 aliphatic heterocycles. The zero-order valence-corrected chi connectivity index (χ0v) is 9.80. The number of carboxylic acid groups (broad SMARTS) is 1. The molecule has 0 fully saturated rings. The van der Waals surface area contributed by atoms with Crippen LogP contribution in [0.4, 0.5) is 10.5 Å². The Hall–Kier alpha value is -2.12. The van der Waals surface area contributed by atoms with Crippen LogP contribution in [0.5, 0.6) is 0 Å². The third-order valence-corrected chi connectivity index (χ3v) is 1.93. The first-order valence-electron chi connectivity index (χ1n) is 5.11. The highest BCUT2D eigenvalue weighted by Gasteiger charge is 2.06. The molecule has 0 unspecified atom stereocenters. The van der Waals surface area contributed by atoms with Gasteiger partial charge in [-0.1, -0.05) is 18.2 Å². The molecule has 0 spiro atoms. The first-order valence-corrected chi connectivity index (χ1v) is 5.11. The summed E-state index contributed by atoms with van der Waals surface area (Å²) in [6, 6.07) is 6.42. The third-order valence-electron chi connectivity index (χ3n) is 1.93. The molecule has 0 aromatic heterocycles. The number of anilines is 1. The highest BCUT2D eigenvalue weighted by atomic mass is 16.7. The fraction of sp³-hybridized carbons (Fsp3) is 0.273. The summed E-state index contributed by atoms with van der Waals surface area (Å²) in [6.07, 6.45) is 0. The van der Waals surface area contributed by atoms with Crippen molar-refractivity contribution in [2.45, 2.75) is 6.61 Å². The number of aliphatic carboxylic acids is 1. The molecule has 0 aliphatic carbocycles. The molecule has 0 aliphatic rings. The first kappa shape index (κ1) is 13.9. The van der Waals surface area contributed by atoms with E-state index in [-0.39, 0.29) is 0 Å². The maximum absolute atomic E-state index is 11.4. The van der Waals surface area contributed by atoms with Crippen molar-refractivity contribution in [2.75, 3.05) is 19.0 Å². The molecule has 7 nitrogen and oxygen atoms in total. The quantitative estimate of drug-likeness (QED) is 0.657. The Morgan fingerprint density at radius 2 is 2.06 bits per heavy atom. The summed E-state index contributed by atoms with van der Waals surface area (Å²) in [5, 5.41) is 10.8. The minimum Gasteiger partial charge on any atom is -0.479 e. The summed E-state index contributed by atoms with van der Waals surface area (Å²) >= 11 is 0. The Balaban J connectivity index is 2.50. The van der Waals surface area contributed by atoms with Crippen LogP contribution in [0.2, 0.25) is 0 Å². The van der Waals surface area contributed by atoms with Crippen molar-refractivity contribution >= 4 is 17.7 Å². The predicted molar refractivity (Wildman–Crippen MR) is 62.9 cm³/mol. The summed E-state index contributed by atoms with van der Waals surface area (Å²) in [5.41, 5.74) is 3.33. The number of methoxy groups -OCH3 is 1. The molecule has 98 valence electrons. The molecule has 0 heterocycles. The van der Waals surface area contributed by atoms with E-state index in [1.807, 2.05) is 11.5 Å². The van der Waals surface area contributed by atoms with E-state index in [0.717, 1.165) is 5.56 Å². The van der Waals surface area contributed by atoms with Gasteiger partial charge in [0, 0.05) is 18.4 Å². The lowest BCUT2D eigenvalue weighted by Crippen LogP contribution is -2.31. The van der Waals surface area contributed by atoms with E-state index in [0.29, 0.717) is 12.3 Å². The molecule has 0 saturated carbocycles. The number of rotatable bonds is 6. The second-order valence-electron chi connectivity index (χ2n) is 3.33. The van der Waals surface area contributed by atoms with Gasteiger partial charge in [0.15, 0.2) is 6.61 Å². The van der Waals surface area contributed by atoms with Gasteiger partial charge in [-0.15, -0.1) is 0 Å². The van der Waals surface area contributed by atoms with Crippen LogP contribution in [0.25, 0.3) is 0 Å². The topological polar surface area (TPSA) is 96.9 Å². The summed E-state index contributed by atoms with van der Waals surface area (Å²) in [7, 11) is 1.55. The number of hydroxylamine groups is 1. The van der Waals surface area contributed by atoms with Gasteiger partial charge in [-0.2, -0.15) is 0 Å². The predicted octanol–water partition coefficient (Wildman–Crippen LogP) is 0.971. The summed E-state index contributed by atoms with van der Waals surface area (Å²) < 4.78 is 4.98. The molecular weight excluding hydrogens is 240 g/mol. The van der Waals surface area contributed by atoms with E-state index in [2.05, 4.69) is 10.2 Å². The average Bonchev–Trinajstić information content (AvgIpc) is 2.31. The molecular formula is C11H14N2O5. The van der Waals surface area contributed by atoms with Crippen LogP contribution in [-0.2, 0) is 21.0 Å². The highest BCUT2D eigenvalue weighted by Crippen LogP contribution is 2.15. The van der Waals surface area contributed by atoms with E-state index >= 15 is 0 Å². The van der Waals surface area contributed by atoms with Crippen molar-refractivity contribution < 1.29 is 24.3 Å². The lowest BCUT2D eigenvalue weighted by molar-refractivity contribution is -0.143. The van der Waals surface area contributed by atoms with Gasteiger partial charge < -0.3 is 15.2 Å². The number of carbonyl (C=O) groups is 2. The smallest absolute Gasteiger partial charge is 0.343 e. The number of carboxylic acids is 1. The van der Waals surface area contributed by atoms with Crippen LogP contribution in [0, 0.1) is 0 Å². The van der Waals surface area contributed by atoms with E-state index in [1.165, 1.54) is 0 Å². The highest BCUT2D eigenvalue weighted by molar-refractivity contribution is 5.89. The Morgan fingerprint density at radius 3 is 2.72 bits per heavy atom. The van der Waals surface area contributed by atoms with Crippen LogP contribution in [0.3, 0.4) is 0 Å². The molecule has 18 heavy (non-hydrogen) atoms. The van der Waals surface area contributed by atoms with Gasteiger partial charge in [0.1, 0.15) is 0 Å². The van der Waals surface area contributed by atoms with E-state index in [4.69, 9.17) is 9.84 Å². The van der Waals surface area contributed by atoms with Crippen molar-refractivity contribution in [2.24, 2.45) is 0 Å². The Bertz CT molecular complexity index is 422. The molecule has 1 aromatic carbocycles. The minimum atomic E-state index is -1.17. The van der Waals surface area contributed by atoms with Crippen molar-refractivity contribution in [3.8, 4) is 0 Å². The first-order chi connectivity index (χ1) is 8.63. The van der Waals surface area contributed by atoms with Crippen LogP contribution in [0.1, 0.15) is 5.56 Å². The number of hydrogen-bond acceptors (Lipinski definition) is 4.